The van der Waals surface area contributed by atoms with Crippen LogP contribution in [0.2, 0.25) is 0 Å². The average molecular weight is 536 g/mol. The highest BCUT2D eigenvalue weighted by Crippen LogP contribution is 2.50. The van der Waals surface area contributed by atoms with E-state index < -0.39 is 22.5 Å². The fourth-order valence-electron chi connectivity index (χ4n) is 5.19. The van der Waals surface area contributed by atoms with E-state index in [1.807, 2.05) is 84.9 Å². The maximum Gasteiger partial charge on any atom is 0.341 e. The number of nitro groups is 1. The highest BCUT2D eigenvalue weighted by molar-refractivity contribution is 6.04. The summed E-state index contributed by atoms with van der Waals surface area (Å²) in [4.78, 5) is 32.4. The van der Waals surface area contributed by atoms with Gasteiger partial charge in [0.05, 0.1) is 24.7 Å². The van der Waals surface area contributed by atoms with Crippen LogP contribution < -0.4 is 4.74 Å². The first-order valence-electron chi connectivity index (χ1n) is 13.0. The summed E-state index contributed by atoms with van der Waals surface area (Å²) in [5.41, 5.74) is 1.67. The van der Waals surface area contributed by atoms with Crippen LogP contribution in [0.3, 0.4) is 0 Å². The largest absolute Gasteiger partial charge is 0.497 e. The Hall–Kier alpha value is -4.98. The summed E-state index contributed by atoms with van der Waals surface area (Å²) in [5, 5.41) is 11.5. The Kier molecular flexibility index (Phi) is 7.59. The zero-order chi connectivity index (χ0) is 28.1. The minimum absolute atomic E-state index is 0.0332. The number of carbonyl (C=O) groups is 1. The van der Waals surface area contributed by atoms with Crippen molar-refractivity contribution >= 4 is 17.5 Å². The number of aliphatic imine (C=N–C) groups is 1. The first-order valence-corrected chi connectivity index (χ1v) is 13.0. The topological polar surface area (TPSA) is 94.3 Å². The first kappa shape index (κ1) is 26.6. The van der Waals surface area contributed by atoms with E-state index in [0.717, 1.165) is 11.1 Å². The van der Waals surface area contributed by atoms with Crippen LogP contribution in [0, 0.1) is 10.1 Å². The van der Waals surface area contributed by atoms with Crippen LogP contribution in [0.5, 0.6) is 5.75 Å². The van der Waals surface area contributed by atoms with Gasteiger partial charge in [0.1, 0.15) is 11.6 Å². The van der Waals surface area contributed by atoms with E-state index in [-0.39, 0.29) is 12.3 Å². The molecule has 0 saturated heterocycles. The van der Waals surface area contributed by atoms with Gasteiger partial charge in [-0.05, 0) is 47.9 Å². The second kappa shape index (κ2) is 11.4. The van der Waals surface area contributed by atoms with Crippen LogP contribution in [0.15, 0.2) is 114 Å². The van der Waals surface area contributed by atoms with Gasteiger partial charge in [-0.1, -0.05) is 72.8 Å². The summed E-state index contributed by atoms with van der Waals surface area (Å²) in [6.45, 7) is 2.37. The minimum atomic E-state index is -1.47. The normalized spacial score (nSPS) is 18.2. The maximum absolute atomic E-state index is 14.1. The molecule has 0 aromatic heterocycles. The summed E-state index contributed by atoms with van der Waals surface area (Å²) in [5.74, 6) is 0.807. The maximum atomic E-state index is 14.1. The average Bonchev–Trinajstić information content (AvgIpc) is 3.34. The van der Waals surface area contributed by atoms with Gasteiger partial charge in [-0.25, -0.2) is 9.79 Å². The fraction of sp³-hybridized carbons (Fsp3) is 0.188. The highest BCUT2D eigenvalue weighted by atomic mass is 16.6. The highest BCUT2D eigenvalue weighted by Gasteiger charge is 2.57. The molecule has 1 heterocycles. The van der Waals surface area contributed by atoms with Crippen LogP contribution in [-0.4, -0.2) is 35.3 Å². The van der Waals surface area contributed by atoms with Crippen LogP contribution in [0.1, 0.15) is 35.2 Å². The molecule has 0 bridgehead atoms. The smallest absolute Gasteiger partial charge is 0.341 e. The summed E-state index contributed by atoms with van der Waals surface area (Å²) < 4.78 is 11.1. The van der Waals surface area contributed by atoms with E-state index in [1.54, 1.807) is 26.2 Å². The number of hydrogen-bond acceptors (Lipinski definition) is 7. The molecular formula is C32H29N3O5. The second-order valence-electron chi connectivity index (χ2n) is 9.38. The summed E-state index contributed by atoms with van der Waals surface area (Å²) in [7, 11) is 1.61. The van der Waals surface area contributed by atoms with Crippen molar-refractivity contribution in [2.75, 3.05) is 13.7 Å². The molecule has 8 heteroatoms. The molecule has 0 amide bonds. The molecule has 1 aliphatic heterocycles. The quantitative estimate of drug-likeness (QED) is 0.147. The van der Waals surface area contributed by atoms with Gasteiger partial charge in [-0.2, -0.15) is 0 Å². The molecule has 8 nitrogen and oxygen atoms in total. The molecule has 0 aliphatic carbocycles. The van der Waals surface area contributed by atoms with Crippen LogP contribution in [0.25, 0.3) is 0 Å². The van der Waals surface area contributed by atoms with E-state index in [9.17, 15) is 14.9 Å². The van der Waals surface area contributed by atoms with Crippen molar-refractivity contribution in [2.24, 2.45) is 4.99 Å². The number of amidine groups is 1. The zero-order valence-corrected chi connectivity index (χ0v) is 22.3. The molecule has 0 spiro atoms. The van der Waals surface area contributed by atoms with Gasteiger partial charge < -0.3 is 14.4 Å². The van der Waals surface area contributed by atoms with Crippen molar-refractivity contribution in [1.82, 2.24) is 4.90 Å². The summed E-state index contributed by atoms with van der Waals surface area (Å²) in [6.07, 6.45) is 0. The number of hydrogen-bond donors (Lipinski definition) is 0. The monoisotopic (exact) mass is 535 g/mol. The van der Waals surface area contributed by atoms with Crippen molar-refractivity contribution in [3.63, 3.8) is 0 Å². The van der Waals surface area contributed by atoms with Gasteiger partial charge >= 0.3 is 5.97 Å². The number of nitrogens with zero attached hydrogens (tertiary/aromatic N) is 3. The Morgan fingerprint density at radius 3 is 2.12 bits per heavy atom. The predicted molar refractivity (Wildman–Crippen MR) is 152 cm³/mol. The third kappa shape index (κ3) is 4.91. The molecule has 0 unspecified atom stereocenters. The van der Waals surface area contributed by atoms with Crippen LogP contribution in [0.4, 0.5) is 5.69 Å². The van der Waals surface area contributed by atoms with E-state index in [1.165, 1.54) is 12.1 Å². The number of nitro benzene ring substituents is 1. The van der Waals surface area contributed by atoms with Gasteiger partial charge in [0.2, 0.25) is 5.54 Å². The van der Waals surface area contributed by atoms with Crippen molar-refractivity contribution in [3.05, 3.63) is 142 Å². The van der Waals surface area contributed by atoms with Gasteiger partial charge in [0.25, 0.3) is 5.69 Å². The SMILES string of the molecule is CCOC(=O)[C@]1(c2ccccc2)N=C(c2ccc(OC)cc2)N(Cc2ccccc2)[C@@H]1c1ccc([N+](=O)[O-])cc1. The predicted octanol–water partition coefficient (Wildman–Crippen LogP) is 6.07. The van der Waals surface area contributed by atoms with E-state index in [0.29, 0.717) is 29.3 Å². The minimum Gasteiger partial charge on any atom is -0.497 e. The van der Waals surface area contributed by atoms with E-state index >= 15 is 0 Å². The Balaban J connectivity index is 1.79. The van der Waals surface area contributed by atoms with Crippen molar-refractivity contribution in [1.29, 1.82) is 0 Å². The molecule has 4 aromatic carbocycles. The van der Waals surface area contributed by atoms with Gasteiger partial charge in [-0.3, -0.25) is 10.1 Å². The molecule has 0 N–H and O–H groups in total. The molecule has 0 fully saturated rings. The molecule has 202 valence electrons. The third-order valence-electron chi connectivity index (χ3n) is 7.03. The van der Waals surface area contributed by atoms with Gasteiger partial charge in [0, 0.05) is 24.2 Å². The summed E-state index contributed by atoms with van der Waals surface area (Å²) in [6, 6.07) is 32.5. The van der Waals surface area contributed by atoms with E-state index in [4.69, 9.17) is 14.5 Å². The van der Waals surface area contributed by atoms with Crippen molar-refractivity contribution in [2.45, 2.75) is 25.0 Å². The number of rotatable bonds is 9. The molecule has 0 radical (unpaired) electrons. The lowest BCUT2D eigenvalue weighted by Crippen LogP contribution is -2.44. The molecule has 0 saturated carbocycles. The Morgan fingerprint density at radius 1 is 0.925 bits per heavy atom. The van der Waals surface area contributed by atoms with Crippen molar-refractivity contribution in [3.8, 4) is 5.75 Å². The van der Waals surface area contributed by atoms with Crippen molar-refractivity contribution < 1.29 is 19.2 Å². The number of non-ortho nitro benzene ring substituents is 1. The van der Waals surface area contributed by atoms with Crippen LogP contribution >= 0.6 is 0 Å². The molecule has 40 heavy (non-hydrogen) atoms. The van der Waals surface area contributed by atoms with E-state index in [2.05, 4.69) is 4.90 Å². The second-order valence-corrected chi connectivity index (χ2v) is 9.38. The lowest BCUT2D eigenvalue weighted by molar-refractivity contribution is -0.384. The summed E-state index contributed by atoms with van der Waals surface area (Å²) >= 11 is 0. The number of esters is 1. The Bertz CT molecular complexity index is 1510. The number of methoxy groups -OCH3 is 1. The Morgan fingerprint density at radius 2 is 1.55 bits per heavy atom. The number of carbonyl (C=O) groups excluding carboxylic acids is 1. The fourth-order valence-corrected chi connectivity index (χ4v) is 5.19. The number of ether oxygens (including phenoxy) is 2. The molecule has 1 aliphatic rings. The lowest BCUT2D eigenvalue weighted by Gasteiger charge is -2.37. The lowest BCUT2D eigenvalue weighted by atomic mass is 9.79. The third-order valence-corrected chi connectivity index (χ3v) is 7.03. The molecular weight excluding hydrogens is 506 g/mol. The molecule has 2 atom stereocenters. The van der Waals surface area contributed by atoms with Crippen LogP contribution in [-0.2, 0) is 21.6 Å². The van der Waals surface area contributed by atoms with Gasteiger partial charge in [-0.15, -0.1) is 0 Å². The molecule has 5 rings (SSSR count). The zero-order valence-electron chi connectivity index (χ0n) is 22.3. The Labute approximate surface area is 232 Å². The van der Waals surface area contributed by atoms with Gasteiger partial charge in [0.15, 0.2) is 0 Å². The standard InChI is InChI=1S/C32H29N3O5/c1-3-40-31(36)32(26-12-8-5-9-13-26)29(24-14-18-27(19-15-24)35(37)38)34(22-23-10-6-4-7-11-23)30(33-32)25-16-20-28(39-2)21-17-25/h4-21,29H,3,22H2,1-2H3/t29-,32-/m1/s1. The number of benzene rings is 4. The molecule has 4 aromatic rings. The first-order chi connectivity index (χ1) is 19.5.